The van der Waals surface area contributed by atoms with Crippen molar-refractivity contribution in [1.29, 1.82) is 0 Å². The maximum Gasteiger partial charge on any atom is 0.137 e. The standard InChI is InChI=1S/C14H19N5S/c15-11-1-2-12-13(9-11)17-10-18-14(12)16-3-4-19-5-7-20-8-6-19/h1-2,9-10H,3-8,15H2,(H,16,17,18). The van der Waals surface area contributed by atoms with Crippen molar-refractivity contribution in [3.05, 3.63) is 24.5 Å². The molecule has 2 heterocycles. The van der Waals surface area contributed by atoms with Crippen molar-refractivity contribution in [2.75, 3.05) is 48.7 Å². The molecule has 0 aliphatic carbocycles. The predicted molar refractivity (Wildman–Crippen MR) is 86.2 cm³/mol. The Morgan fingerprint density at radius 1 is 1.25 bits per heavy atom. The lowest BCUT2D eigenvalue weighted by atomic mass is 10.2. The summed E-state index contributed by atoms with van der Waals surface area (Å²) in [4.78, 5) is 11.1. The lowest BCUT2D eigenvalue weighted by Crippen LogP contribution is -2.36. The van der Waals surface area contributed by atoms with Gasteiger partial charge in [0, 0.05) is 48.8 Å². The molecule has 0 bridgehead atoms. The summed E-state index contributed by atoms with van der Waals surface area (Å²) in [5.74, 6) is 3.38. The van der Waals surface area contributed by atoms with E-state index in [0.29, 0.717) is 0 Å². The molecule has 1 aliphatic heterocycles. The van der Waals surface area contributed by atoms with E-state index in [2.05, 4.69) is 20.2 Å². The quantitative estimate of drug-likeness (QED) is 0.835. The highest BCUT2D eigenvalue weighted by molar-refractivity contribution is 7.99. The van der Waals surface area contributed by atoms with Crippen LogP contribution in [-0.4, -0.2) is 52.6 Å². The Bertz CT molecular complexity index is 583. The minimum atomic E-state index is 0.730. The molecule has 0 radical (unpaired) electrons. The average molecular weight is 289 g/mol. The van der Waals surface area contributed by atoms with Gasteiger partial charge in [-0.2, -0.15) is 11.8 Å². The van der Waals surface area contributed by atoms with Crippen molar-refractivity contribution in [2.24, 2.45) is 0 Å². The number of anilines is 2. The Balaban J connectivity index is 1.65. The number of nitrogen functional groups attached to an aromatic ring is 1. The maximum absolute atomic E-state index is 5.78. The Labute approximate surface area is 123 Å². The zero-order valence-electron chi connectivity index (χ0n) is 11.4. The summed E-state index contributed by atoms with van der Waals surface area (Å²) in [6.07, 6.45) is 1.58. The Kier molecular flexibility index (Phi) is 4.22. The third-order valence-electron chi connectivity index (χ3n) is 3.48. The molecule has 1 aromatic carbocycles. The van der Waals surface area contributed by atoms with Crippen molar-refractivity contribution in [1.82, 2.24) is 14.9 Å². The molecule has 20 heavy (non-hydrogen) atoms. The molecular formula is C14H19N5S. The number of aromatic nitrogens is 2. The van der Waals surface area contributed by atoms with Crippen LogP contribution in [0.2, 0.25) is 0 Å². The van der Waals surface area contributed by atoms with Crippen LogP contribution in [0.15, 0.2) is 24.5 Å². The third-order valence-corrected chi connectivity index (χ3v) is 4.43. The topological polar surface area (TPSA) is 67.1 Å². The normalized spacial score (nSPS) is 16.4. The van der Waals surface area contributed by atoms with Gasteiger partial charge in [-0.05, 0) is 18.2 Å². The maximum atomic E-state index is 5.78. The van der Waals surface area contributed by atoms with Crippen LogP contribution in [0.5, 0.6) is 0 Å². The summed E-state index contributed by atoms with van der Waals surface area (Å²) in [6.45, 7) is 4.34. The Morgan fingerprint density at radius 3 is 2.95 bits per heavy atom. The van der Waals surface area contributed by atoms with E-state index in [1.54, 1.807) is 6.33 Å². The molecule has 3 rings (SSSR count). The van der Waals surface area contributed by atoms with E-state index in [1.165, 1.54) is 24.6 Å². The first-order chi connectivity index (χ1) is 9.83. The summed E-state index contributed by atoms with van der Waals surface area (Å²) < 4.78 is 0. The van der Waals surface area contributed by atoms with Gasteiger partial charge in [-0.15, -0.1) is 0 Å². The van der Waals surface area contributed by atoms with Crippen LogP contribution < -0.4 is 11.1 Å². The van der Waals surface area contributed by atoms with Crippen molar-refractivity contribution < 1.29 is 0 Å². The number of nitrogens with one attached hydrogen (secondary N) is 1. The first-order valence-electron chi connectivity index (χ1n) is 6.87. The smallest absolute Gasteiger partial charge is 0.137 e. The summed E-state index contributed by atoms with van der Waals surface area (Å²) in [7, 11) is 0. The van der Waals surface area contributed by atoms with E-state index in [9.17, 15) is 0 Å². The van der Waals surface area contributed by atoms with E-state index in [1.807, 2.05) is 30.0 Å². The minimum absolute atomic E-state index is 0.730. The molecule has 5 nitrogen and oxygen atoms in total. The van der Waals surface area contributed by atoms with Gasteiger partial charge < -0.3 is 11.1 Å². The van der Waals surface area contributed by atoms with E-state index in [-0.39, 0.29) is 0 Å². The largest absolute Gasteiger partial charge is 0.399 e. The lowest BCUT2D eigenvalue weighted by molar-refractivity contribution is 0.314. The number of rotatable bonds is 4. The van der Waals surface area contributed by atoms with Gasteiger partial charge in [0.25, 0.3) is 0 Å². The fourth-order valence-electron chi connectivity index (χ4n) is 2.37. The minimum Gasteiger partial charge on any atom is -0.399 e. The molecule has 0 atom stereocenters. The van der Waals surface area contributed by atoms with Crippen LogP contribution in [0.3, 0.4) is 0 Å². The van der Waals surface area contributed by atoms with E-state index >= 15 is 0 Å². The van der Waals surface area contributed by atoms with Gasteiger partial charge in [0.1, 0.15) is 12.1 Å². The van der Waals surface area contributed by atoms with Crippen LogP contribution in [0.25, 0.3) is 10.9 Å². The second-order valence-corrected chi connectivity index (χ2v) is 6.10. The zero-order chi connectivity index (χ0) is 13.8. The molecule has 0 saturated carbocycles. The van der Waals surface area contributed by atoms with Gasteiger partial charge in [0.15, 0.2) is 0 Å². The van der Waals surface area contributed by atoms with Gasteiger partial charge >= 0.3 is 0 Å². The summed E-state index contributed by atoms with van der Waals surface area (Å²) in [6, 6.07) is 5.74. The highest BCUT2D eigenvalue weighted by Gasteiger charge is 2.10. The van der Waals surface area contributed by atoms with Crippen LogP contribution in [0, 0.1) is 0 Å². The number of hydrogen-bond acceptors (Lipinski definition) is 6. The molecule has 1 fully saturated rings. The van der Waals surface area contributed by atoms with Crippen LogP contribution in [0.4, 0.5) is 11.5 Å². The zero-order valence-corrected chi connectivity index (χ0v) is 12.2. The summed E-state index contributed by atoms with van der Waals surface area (Å²) in [5, 5.41) is 4.44. The highest BCUT2D eigenvalue weighted by atomic mass is 32.2. The second-order valence-electron chi connectivity index (χ2n) is 4.88. The molecule has 0 amide bonds. The molecule has 1 saturated heterocycles. The Morgan fingerprint density at radius 2 is 2.10 bits per heavy atom. The second kappa shape index (κ2) is 6.28. The highest BCUT2D eigenvalue weighted by Crippen LogP contribution is 2.21. The molecular weight excluding hydrogens is 270 g/mol. The van der Waals surface area contributed by atoms with Gasteiger partial charge in [0.2, 0.25) is 0 Å². The first kappa shape index (κ1) is 13.5. The molecule has 106 valence electrons. The third kappa shape index (κ3) is 3.13. The van der Waals surface area contributed by atoms with Gasteiger partial charge in [-0.3, -0.25) is 4.90 Å². The predicted octanol–water partition coefficient (Wildman–Crippen LogP) is 1.67. The van der Waals surface area contributed by atoms with Crippen molar-refractivity contribution in [3.8, 4) is 0 Å². The van der Waals surface area contributed by atoms with E-state index in [0.717, 1.165) is 35.5 Å². The monoisotopic (exact) mass is 289 g/mol. The number of nitrogens with zero attached hydrogens (tertiary/aromatic N) is 3. The van der Waals surface area contributed by atoms with Gasteiger partial charge in [0.05, 0.1) is 5.52 Å². The van der Waals surface area contributed by atoms with Crippen LogP contribution >= 0.6 is 11.8 Å². The lowest BCUT2D eigenvalue weighted by Gasteiger charge is -2.26. The number of hydrogen-bond donors (Lipinski definition) is 2. The molecule has 1 aliphatic rings. The number of thioether (sulfide) groups is 1. The summed E-state index contributed by atoms with van der Waals surface area (Å²) >= 11 is 2.04. The van der Waals surface area contributed by atoms with Crippen LogP contribution in [0.1, 0.15) is 0 Å². The fraction of sp³-hybridized carbons (Fsp3) is 0.429. The fourth-order valence-corrected chi connectivity index (χ4v) is 3.35. The average Bonchev–Trinajstić information content (AvgIpc) is 2.48. The van der Waals surface area contributed by atoms with Gasteiger partial charge in [-0.25, -0.2) is 9.97 Å². The molecule has 3 N–H and O–H groups in total. The molecule has 6 heteroatoms. The Hall–Kier alpha value is -1.53. The number of nitrogens with two attached hydrogens (primary N) is 1. The molecule has 1 aromatic heterocycles. The SMILES string of the molecule is Nc1ccc2c(NCCN3CCSCC3)ncnc2c1. The number of fused-ring (bicyclic) bond motifs is 1. The van der Waals surface area contributed by atoms with Crippen molar-refractivity contribution >= 4 is 34.2 Å². The molecule has 0 spiro atoms. The van der Waals surface area contributed by atoms with E-state index < -0.39 is 0 Å². The molecule has 0 unspecified atom stereocenters. The van der Waals surface area contributed by atoms with E-state index in [4.69, 9.17) is 5.73 Å². The van der Waals surface area contributed by atoms with Crippen LogP contribution in [-0.2, 0) is 0 Å². The van der Waals surface area contributed by atoms with Gasteiger partial charge in [-0.1, -0.05) is 0 Å². The van der Waals surface area contributed by atoms with Crippen molar-refractivity contribution in [2.45, 2.75) is 0 Å². The first-order valence-corrected chi connectivity index (χ1v) is 8.02. The molecule has 2 aromatic rings. The van der Waals surface area contributed by atoms with Crippen molar-refractivity contribution in [3.63, 3.8) is 0 Å². The summed E-state index contributed by atoms with van der Waals surface area (Å²) in [5.41, 5.74) is 7.40. The number of benzene rings is 1.